The molecule has 1 rings (SSSR count). The van der Waals surface area contributed by atoms with Gasteiger partial charge < -0.3 is 16.2 Å². The van der Waals surface area contributed by atoms with E-state index < -0.39 is 0 Å². The van der Waals surface area contributed by atoms with Gasteiger partial charge in [-0.05, 0) is 19.1 Å². The highest BCUT2D eigenvalue weighted by Gasteiger charge is 2.00. The third-order valence-corrected chi connectivity index (χ3v) is 1.53. The van der Waals surface area contributed by atoms with Crippen molar-refractivity contribution in [3.05, 3.63) is 24.3 Å². The quantitative estimate of drug-likeness (QED) is 0.658. The van der Waals surface area contributed by atoms with Gasteiger partial charge in [-0.15, -0.1) is 0 Å². The van der Waals surface area contributed by atoms with E-state index in [9.17, 15) is 0 Å². The third kappa shape index (κ3) is 2.43. The summed E-state index contributed by atoms with van der Waals surface area (Å²) in [5.41, 5.74) is 11.7. The van der Waals surface area contributed by atoms with Crippen molar-refractivity contribution >= 4 is 5.69 Å². The van der Waals surface area contributed by atoms with E-state index in [-0.39, 0.29) is 6.10 Å². The molecule has 66 valence electrons. The lowest BCUT2D eigenvalue weighted by Crippen LogP contribution is -2.22. The third-order valence-electron chi connectivity index (χ3n) is 1.53. The molecular formula is C9H14N2O. The second kappa shape index (κ2) is 3.97. The maximum Gasteiger partial charge on any atom is 0.121 e. The molecule has 0 heterocycles. The van der Waals surface area contributed by atoms with E-state index in [1.165, 1.54) is 0 Å². The van der Waals surface area contributed by atoms with Gasteiger partial charge in [-0.25, -0.2) is 0 Å². The van der Waals surface area contributed by atoms with Crippen LogP contribution in [-0.4, -0.2) is 12.6 Å². The molecule has 0 saturated heterocycles. The Hall–Kier alpha value is -1.22. The Morgan fingerprint density at radius 3 is 2.83 bits per heavy atom. The lowest BCUT2D eigenvalue weighted by atomic mass is 10.3. The van der Waals surface area contributed by atoms with Crippen molar-refractivity contribution in [2.45, 2.75) is 13.0 Å². The lowest BCUT2D eigenvalue weighted by Gasteiger charge is -2.12. The monoisotopic (exact) mass is 166 g/mol. The predicted octanol–water partition coefficient (Wildman–Crippen LogP) is 0.995. The van der Waals surface area contributed by atoms with E-state index in [2.05, 4.69) is 0 Å². The highest BCUT2D eigenvalue weighted by Crippen LogP contribution is 2.15. The molecule has 1 aromatic carbocycles. The Bertz CT molecular complexity index is 250. The van der Waals surface area contributed by atoms with Crippen LogP contribution < -0.4 is 16.2 Å². The fourth-order valence-electron chi connectivity index (χ4n) is 0.868. The van der Waals surface area contributed by atoms with Crippen LogP contribution in [0.15, 0.2) is 24.3 Å². The Morgan fingerprint density at radius 2 is 2.25 bits per heavy atom. The SMILES string of the molecule is CC(CN)Oc1cccc(N)c1. The van der Waals surface area contributed by atoms with Gasteiger partial charge in [-0.1, -0.05) is 6.07 Å². The van der Waals surface area contributed by atoms with Gasteiger partial charge in [0.15, 0.2) is 0 Å². The zero-order valence-corrected chi connectivity index (χ0v) is 7.16. The van der Waals surface area contributed by atoms with Gasteiger partial charge in [0.25, 0.3) is 0 Å². The van der Waals surface area contributed by atoms with Gasteiger partial charge in [0, 0.05) is 18.3 Å². The van der Waals surface area contributed by atoms with Crippen molar-refractivity contribution < 1.29 is 4.74 Å². The first-order valence-electron chi connectivity index (χ1n) is 3.94. The standard InChI is InChI=1S/C9H14N2O/c1-7(6-10)12-9-4-2-3-8(11)5-9/h2-5,7H,6,10-11H2,1H3. The maximum absolute atomic E-state index is 5.56. The maximum atomic E-state index is 5.56. The van der Waals surface area contributed by atoms with Gasteiger partial charge in [-0.3, -0.25) is 0 Å². The molecule has 0 amide bonds. The Labute approximate surface area is 72.3 Å². The topological polar surface area (TPSA) is 61.3 Å². The van der Waals surface area contributed by atoms with E-state index in [1.54, 1.807) is 6.07 Å². The fraction of sp³-hybridized carbons (Fsp3) is 0.333. The summed E-state index contributed by atoms with van der Waals surface area (Å²) in [6.45, 7) is 2.43. The summed E-state index contributed by atoms with van der Waals surface area (Å²) >= 11 is 0. The second-order valence-corrected chi connectivity index (χ2v) is 2.74. The highest BCUT2D eigenvalue weighted by atomic mass is 16.5. The average molecular weight is 166 g/mol. The van der Waals surface area contributed by atoms with Gasteiger partial charge in [0.1, 0.15) is 11.9 Å². The molecule has 0 saturated carbocycles. The normalized spacial score (nSPS) is 12.5. The lowest BCUT2D eigenvalue weighted by molar-refractivity contribution is 0.230. The molecule has 3 heteroatoms. The molecule has 0 bridgehead atoms. The van der Waals surface area contributed by atoms with Crippen LogP contribution in [0.25, 0.3) is 0 Å². The number of hydrogen-bond acceptors (Lipinski definition) is 3. The molecule has 1 aromatic rings. The zero-order chi connectivity index (χ0) is 8.97. The number of ether oxygens (including phenoxy) is 1. The summed E-state index contributed by atoms with van der Waals surface area (Å²) in [5, 5.41) is 0. The first kappa shape index (κ1) is 8.87. The fourth-order valence-corrected chi connectivity index (χ4v) is 0.868. The van der Waals surface area contributed by atoms with Gasteiger partial charge in [-0.2, -0.15) is 0 Å². The predicted molar refractivity (Wildman–Crippen MR) is 50.0 cm³/mol. The van der Waals surface area contributed by atoms with E-state index >= 15 is 0 Å². The number of hydrogen-bond donors (Lipinski definition) is 2. The summed E-state index contributed by atoms with van der Waals surface area (Å²) in [4.78, 5) is 0. The average Bonchev–Trinajstić information content (AvgIpc) is 2.04. The molecule has 0 fully saturated rings. The highest BCUT2D eigenvalue weighted by molar-refractivity contribution is 5.43. The van der Waals surface area contributed by atoms with Crippen molar-refractivity contribution in [2.24, 2.45) is 5.73 Å². The van der Waals surface area contributed by atoms with E-state index in [0.717, 1.165) is 5.75 Å². The number of nitrogens with two attached hydrogens (primary N) is 2. The van der Waals surface area contributed by atoms with Crippen LogP contribution >= 0.6 is 0 Å². The number of nitrogen functional groups attached to an aromatic ring is 1. The summed E-state index contributed by atoms with van der Waals surface area (Å²) in [6, 6.07) is 7.32. The number of benzene rings is 1. The smallest absolute Gasteiger partial charge is 0.121 e. The van der Waals surface area contributed by atoms with E-state index in [1.807, 2.05) is 25.1 Å². The minimum Gasteiger partial charge on any atom is -0.489 e. The van der Waals surface area contributed by atoms with Crippen LogP contribution in [0.1, 0.15) is 6.92 Å². The van der Waals surface area contributed by atoms with Crippen LogP contribution in [0.2, 0.25) is 0 Å². The molecule has 12 heavy (non-hydrogen) atoms. The molecule has 0 radical (unpaired) electrons. The molecule has 3 nitrogen and oxygen atoms in total. The molecule has 0 aliphatic rings. The van der Waals surface area contributed by atoms with Crippen molar-refractivity contribution in [1.82, 2.24) is 0 Å². The molecule has 0 aliphatic carbocycles. The summed E-state index contributed by atoms with van der Waals surface area (Å²) < 4.78 is 5.44. The van der Waals surface area contributed by atoms with Crippen molar-refractivity contribution in [3.8, 4) is 5.75 Å². The summed E-state index contributed by atoms with van der Waals surface area (Å²) in [6.07, 6.45) is 0.0341. The van der Waals surface area contributed by atoms with Crippen LogP contribution in [0, 0.1) is 0 Å². The van der Waals surface area contributed by atoms with E-state index in [0.29, 0.717) is 12.2 Å². The first-order valence-corrected chi connectivity index (χ1v) is 3.94. The van der Waals surface area contributed by atoms with Crippen LogP contribution in [0.5, 0.6) is 5.75 Å². The Kier molecular flexibility index (Phi) is 2.94. The summed E-state index contributed by atoms with van der Waals surface area (Å²) in [5.74, 6) is 0.771. The molecule has 0 aromatic heterocycles. The van der Waals surface area contributed by atoms with Crippen LogP contribution in [-0.2, 0) is 0 Å². The Balaban J connectivity index is 2.63. The van der Waals surface area contributed by atoms with Gasteiger partial charge in [0.05, 0.1) is 0 Å². The van der Waals surface area contributed by atoms with Crippen molar-refractivity contribution in [2.75, 3.05) is 12.3 Å². The molecular weight excluding hydrogens is 152 g/mol. The van der Waals surface area contributed by atoms with E-state index in [4.69, 9.17) is 16.2 Å². The zero-order valence-electron chi connectivity index (χ0n) is 7.16. The van der Waals surface area contributed by atoms with Crippen molar-refractivity contribution in [3.63, 3.8) is 0 Å². The molecule has 4 N–H and O–H groups in total. The van der Waals surface area contributed by atoms with Gasteiger partial charge in [0.2, 0.25) is 0 Å². The minimum atomic E-state index is 0.0341. The molecule has 1 unspecified atom stereocenters. The summed E-state index contributed by atoms with van der Waals surface area (Å²) in [7, 11) is 0. The molecule has 1 atom stereocenters. The van der Waals surface area contributed by atoms with Crippen molar-refractivity contribution in [1.29, 1.82) is 0 Å². The van der Waals surface area contributed by atoms with Gasteiger partial charge >= 0.3 is 0 Å². The first-order chi connectivity index (χ1) is 5.72. The molecule has 0 aliphatic heterocycles. The Morgan fingerprint density at radius 1 is 1.50 bits per heavy atom. The minimum absolute atomic E-state index is 0.0341. The number of anilines is 1. The molecule has 0 spiro atoms. The van der Waals surface area contributed by atoms with Crippen LogP contribution in [0.3, 0.4) is 0 Å². The second-order valence-electron chi connectivity index (χ2n) is 2.74. The van der Waals surface area contributed by atoms with Crippen LogP contribution in [0.4, 0.5) is 5.69 Å². The number of rotatable bonds is 3. The largest absolute Gasteiger partial charge is 0.489 e.